The van der Waals surface area contributed by atoms with Crippen LogP contribution in [0.15, 0.2) is 0 Å². The second kappa shape index (κ2) is 5.76. The van der Waals surface area contributed by atoms with Gasteiger partial charge < -0.3 is 15.8 Å². The molecule has 1 atom stereocenters. The average molecular weight is 346 g/mol. The summed E-state index contributed by atoms with van der Waals surface area (Å²) in [6.45, 7) is -0.162. The molecule has 0 aromatic carbocycles. The first-order chi connectivity index (χ1) is 11.2. The molecule has 7 nitrogen and oxygen atoms in total. The number of rotatable bonds is 4. The molecule has 3 N–H and O–H groups in total. The zero-order valence-electron chi connectivity index (χ0n) is 12.8. The Labute approximate surface area is 135 Å². The lowest BCUT2D eigenvalue weighted by atomic mass is 9.98. The van der Waals surface area contributed by atoms with Crippen molar-refractivity contribution >= 4 is 11.8 Å². The Balaban J connectivity index is 1.79. The number of hydrogen-bond acceptors (Lipinski definition) is 4. The van der Waals surface area contributed by atoms with E-state index >= 15 is 0 Å². The monoisotopic (exact) mass is 346 g/mol. The van der Waals surface area contributed by atoms with E-state index in [9.17, 15) is 22.8 Å². The average Bonchev–Trinajstić information content (AvgIpc) is 3.15. The molecule has 1 aromatic heterocycles. The van der Waals surface area contributed by atoms with Crippen LogP contribution in [0.1, 0.15) is 29.8 Å². The van der Waals surface area contributed by atoms with E-state index in [2.05, 4.69) is 10.4 Å². The van der Waals surface area contributed by atoms with Crippen molar-refractivity contribution in [3.8, 4) is 0 Å². The van der Waals surface area contributed by atoms with E-state index in [1.54, 1.807) is 0 Å². The summed E-state index contributed by atoms with van der Waals surface area (Å²) in [5, 5.41) is 6.07. The first-order valence-electron chi connectivity index (χ1n) is 7.57. The summed E-state index contributed by atoms with van der Waals surface area (Å²) >= 11 is 0. The van der Waals surface area contributed by atoms with Gasteiger partial charge in [0.15, 0.2) is 5.69 Å². The number of nitrogens with zero attached hydrogens (tertiary/aromatic N) is 2. The van der Waals surface area contributed by atoms with Gasteiger partial charge in [0.1, 0.15) is 12.1 Å². The Morgan fingerprint density at radius 3 is 2.71 bits per heavy atom. The number of carbonyl (C=O) groups is 2. The van der Waals surface area contributed by atoms with E-state index in [1.807, 2.05) is 0 Å². The summed E-state index contributed by atoms with van der Waals surface area (Å²) in [6, 6.07) is 0. The third-order valence-corrected chi connectivity index (χ3v) is 4.44. The Morgan fingerprint density at radius 2 is 2.12 bits per heavy atom. The lowest BCUT2D eigenvalue weighted by molar-refractivity contribution is -0.142. The third kappa shape index (κ3) is 2.85. The van der Waals surface area contributed by atoms with E-state index in [0.717, 1.165) is 4.68 Å². The normalized spacial score (nSPS) is 23.3. The van der Waals surface area contributed by atoms with Gasteiger partial charge in [-0.05, 0) is 19.3 Å². The van der Waals surface area contributed by atoms with Gasteiger partial charge in [-0.2, -0.15) is 18.3 Å². The van der Waals surface area contributed by atoms with E-state index in [1.165, 1.54) is 0 Å². The fourth-order valence-electron chi connectivity index (χ4n) is 3.23. The second-order valence-electron chi connectivity index (χ2n) is 6.08. The molecule has 0 spiro atoms. The molecule has 1 fully saturated rings. The van der Waals surface area contributed by atoms with Gasteiger partial charge in [0, 0.05) is 24.3 Å². The quantitative estimate of drug-likeness (QED) is 0.811. The van der Waals surface area contributed by atoms with Crippen LogP contribution in [0.4, 0.5) is 13.2 Å². The number of halogens is 3. The number of carbonyl (C=O) groups excluding carboxylic acids is 2. The van der Waals surface area contributed by atoms with Gasteiger partial charge in [-0.25, -0.2) is 0 Å². The topological polar surface area (TPSA) is 99.2 Å². The van der Waals surface area contributed by atoms with E-state index < -0.39 is 35.8 Å². The molecule has 2 heterocycles. The number of amides is 2. The number of nitrogens with two attached hydrogens (primary N) is 1. The summed E-state index contributed by atoms with van der Waals surface area (Å²) in [5.41, 5.74) is 3.66. The maximum Gasteiger partial charge on any atom is 0.435 e. The van der Waals surface area contributed by atoms with Crippen LogP contribution in [0.2, 0.25) is 0 Å². The van der Waals surface area contributed by atoms with Crippen molar-refractivity contribution in [1.29, 1.82) is 0 Å². The smallest absolute Gasteiger partial charge is 0.378 e. The summed E-state index contributed by atoms with van der Waals surface area (Å²) in [7, 11) is 0. The molecule has 2 aliphatic rings. The molecule has 1 aliphatic carbocycles. The van der Waals surface area contributed by atoms with Crippen LogP contribution in [-0.4, -0.2) is 40.3 Å². The van der Waals surface area contributed by atoms with E-state index in [-0.39, 0.29) is 25.2 Å². The van der Waals surface area contributed by atoms with Gasteiger partial charge in [0.2, 0.25) is 11.8 Å². The highest BCUT2D eigenvalue weighted by atomic mass is 19.4. The van der Waals surface area contributed by atoms with Crippen LogP contribution in [0.3, 0.4) is 0 Å². The van der Waals surface area contributed by atoms with Crippen LogP contribution in [-0.2, 0) is 39.9 Å². The molecule has 2 amide bonds. The van der Waals surface area contributed by atoms with Crippen LogP contribution >= 0.6 is 0 Å². The molecule has 132 valence electrons. The van der Waals surface area contributed by atoms with Crippen LogP contribution in [0.25, 0.3) is 0 Å². The Hall–Kier alpha value is -2.10. The van der Waals surface area contributed by atoms with Crippen molar-refractivity contribution in [3.05, 3.63) is 17.0 Å². The van der Waals surface area contributed by atoms with Gasteiger partial charge >= 0.3 is 6.18 Å². The van der Waals surface area contributed by atoms with Gasteiger partial charge in [0.05, 0.1) is 6.61 Å². The fourth-order valence-corrected chi connectivity index (χ4v) is 3.23. The summed E-state index contributed by atoms with van der Waals surface area (Å²) in [6.07, 6.45) is -2.99. The Kier molecular flexibility index (Phi) is 4.02. The minimum atomic E-state index is -4.55. The number of hydrogen-bond donors (Lipinski definition) is 2. The maximum atomic E-state index is 13.0. The van der Waals surface area contributed by atoms with Crippen LogP contribution in [0, 0.1) is 0 Å². The van der Waals surface area contributed by atoms with Crippen molar-refractivity contribution < 1.29 is 27.5 Å². The predicted octanol–water partition coefficient (Wildman–Crippen LogP) is 0.151. The lowest BCUT2D eigenvalue weighted by Crippen LogP contribution is -2.58. The fraction of sp³-hybridized carbons (Fsp3) is 0.643. The second-order valence-corrected chi connectivity index (χ2v) is 6.08. The molecule has 10 heteroatoms. The standard InChI is InChI=1S/C14H17F3N4O3/c15-14(16,17)11-8-2-1-3-9(8)21(20-11)6-10(22)19-13(12(18)23)4-5-24-7-13/h1-7H2,(H2,18,23)(H,19,22). The van der Waals surface area contributed by atoms with Crippen molar-refractivity contribution in [1.82, 2.24) is 15.1 Å². The number of nitrogens with one attached hydrogen (secondary N) is 1. The molecule has 1 unspecified atom stereocenters. The summed E-state index contributed by atoms with van der Waals surface area (Å²) < 4.78 is 45.3. The molecule has 3 rings (SSSR count). The SMILES string of the molecule is NC(=O)C1(NC(=O)Cn2nc(C(F)(F)F)c3c2CCC3)CCOC1. The largest absolute Gasteiger partial charge is 0.435 e. The highest BCUT2D eigenvalue weighted by molar-refractivity contribution is 5.90. The summed E-state index contributed by atoms with van der Waals surface area (Å²) in [4.78, 5) is 23.8. The van der Waals surface area contributed by atoms with Crippen molar-refractivity contribution in [2.45, 2.75) is 43.9 Å². The predicted molar refractivity (Wildman–Crippen MR) is 74.8 cm³/mol. The van der Waals surface area contributed by atoms with Gasteiger partial charge in [-0.3, -0.25) is 14.3 Å². The molecular weight excluding hydrogens is 329 g/mol. The van der Waals surface area contributed by atoms with Gasteiger partial charge in [-0.15, -0.1) is 0 Å². The highest BCUT2D eigenvalue weighted by Crippen LogP contribution is 2.36. The number of fused-ring (bicyclic) bond motifs is 1. The molecular formula is C14H17F3N4O3. The number of aromatic nitrogens is 2. The highest BCUT2D eigenvalue weighted by Gasteiger charge is 2.43. The molecule has 24 heavy (non-hydrogen) atoms. The number of ether oxygens (including phenoxy) is 1. The van der Waals surface area contributed by atoms with E-state index in [0.29, 0.717) is 25.0 Å². The summed E-state index contributed by atoms with van der Waals surface area (Å²) in [5.74, 6) is -1.35. The van der Waals surface area contributed by atoms with Crippen LogP contribution in [0.5, 0.6) is 0 Å². The molecule has 1 saturated heterocycles. The Morgan fingerprint density at radius 1 is 1.38 bits per heavy atom. The van der Waals surface area contributed by atoms with Crippen LogP contribution < -0.4 is 11.1 Å². The number of primary amides is 1. The minimum Gasteiger partial charge on any atom is -0.378 e. The molecule has 0 radical (unpaired) electrons. The van der Waals surface area contributed by atoms with Crippen molar-refractivity contribution in [2.24, 2.45) is 5.73 Å². The molecule has 0 saturated carbocycles. The minimum absolute atomic E-state index is 0.0426. The Bertz CT molecular complexity index is 678. The third-order valence-electron chi connectivity index (χ3n) is 4.44. The maximum absolute atomic E-state index is 13.0. The first-order valence-corrected chi connectivity index (χ1v) is 7.57. The van der Waals surface area contributed by atoms with Gasteiger partial charge in [0.25, 0.3) is 0 Å². The zero-order valence-corrected chi connectivity index (χ0v) is 12.8. The first kappa shape index (κ1) is 16.7. The van der Waals surface area contributed by atoms with Gasteiger partial charge in [-0.1, -0.05) is 0 Å². The van der Waals surface area contributed by atoms with Crippen molar-refractivity contribution in [2.75, 3.05) is 13.2 Å². The molecule has 0 bridgehead atoms. The molecule has 1 aliphatic heterocycles. The number of alkyl halides is 3. The van der Waals surface area contributed by atoms with Crippen molar-refractivity contribution in [3.63, 3.8) is 0 Å². The zero-order chi connectivity index (χ0) is 17.5. The molecule has 1 aromatic rings. The van der Waals surface area contributed by atoms with E-state index in [4.69, 9.17) is 10.5 Å². The lowest BCUT2D eigenvalue weighted by Gasteiger charge is -2.25.